The topological polar surface area (TPSA) is 105 Å². The molecule has 0 radical (unpaired) electrons. The zero-order valence-electron chi connectivity index (χ0n) is 14.1. The number of rotatable bonds is 6. The fourth-order valence-corrected chi connectivity index (χ4v) is 2.16. The van der Waals surface area contributed by atoms with Gasteiger partial charge in [-0.05, 0) is 31.2 Å². The molecule has 134 valence electrons. The third kappa shape index (κ3) is 4.46. The van der Waals surface area contributed by atoms with Crippen molar-refractivity contribution in [3.05, 3.63) is 24.3 Å². The van der Waals surface area contributed by atoms with Crippen LogP contribution in [-0.4, -0.2) is 67.0 Å². The smallest absolute Gasteiger partial charge is 0.327 e. The van der Waals surface area contributed by atoms with Gasteiger partial charge in [-0.1, -0.05) is 0 Å². The summed E-state index contributed by atoms with van der Waals surface area (Å²) < 4.78 is 10.0. The van der Waals surface area contributed by atoms with Crippen LogP contribution < -0.4 is 10.1 Å². The summed E-state index contributed by atoms with van der Waals surface area (Å²) in [7, 11) is 2.99. The van der Waals surface area contributed by atoms with E-state index in [1.54, 1.807) is 24.3 Å². The lowest BCUT2D eigenvalue weighted by molar-refractivity contribution is -0.154. The minimum atomic E-state index is -1.08. The Morgan fingerprint density at radius 2 is 1.88 bits per heavy atom. The number of carbonyl (C=O) groups is 4. The van der Waals surface area contributed by atoms with Gasteiger partial charge in [0.25, 0.3) is 11.8 Å². The number of hydrogen-bond acceptors (Lipinski definition) is 6. The average molecular weight is 349 g/mol. The first-order chi connectivity index (χ1) is 11.8. The van der Waals surface area contributed by atoms with E-state index in [0.717, 1.165) is 4.90 Å². The van der Waals surface area contributed by atoms with Crippen LogP contribution in [0.3, 0.4) is 0 Å². The molecule has 1 fully saturated rings. The number of methoxy groups -OCH3 is 1. The van der Waals surface area contributed by atoms with Crippen LogP contribution in [0.5, 0.6) is 5.75 Å². The molecule has 0 aromatic heterocycles. The van der Waals surface area contributed by atoms with Crippen LogP contribution >= 0.6 is 0 Å². The minimum absolute atomic E-state index is 0.0837. The predicted molar refractivity (Wildman–Crippen MR) is 86.9 cm³/mol. The number of imide groups is 1. The number of hydrogen-bond donors (Lipinski definition) is 1. The fraction of sp³-hybridized carbons (Fsp3) is 0.375. The van der Waals surface area contributed by atoms with E-state index in [1.165, 1.54) is 26.0 Å². The zero-order valence-corrected chi connectivity index (χ0v) is 14.1. The van der Waals surface area contributed by atoms with Crippen LogP contribution in [0.4, 0.5) is 10.5 Å². The molecular weight excluding hydrogens is 330 g/mol. The summed E-state index contributed by atoms with van der Waals surface area (Å²) in [4.78, 5) is 49.2. The lowest BCUT2D eigenvalue weighted by atomic mass is 10.3. The quantitative estimate of drug-likeness (QED) is 0.591. The van der Waals surface area contributed by atoms with Gasteiger partial charge in [0.2, 0.25) is 0 Å². The van der Waals surface area contributed by atoms with Crippen LogP contribution in [0.15, 0.2) is 24.3 Å². The van der Waals surface area contributed by atoms with Crippen molar-refractivity contribution in [2.24, 2.45) is 0 Å². The Kier molecular flexibility index (Phi) is 5.58. The van der Waals surface area contributed by atoms with Crippen LogP contribution in [-0.2, 0) is 19.1 Å². The number of anilines is 1. The highest BCUT2D eigenvalue weighted by molar-refractivity contribution is 6.04. The molecule has 9 nitrogen and oxygen atoms in total. The lowest BCUT2D eigenvalue weighted by Crippen LogP contribution is -2.39. The Morgan fingerprint density at radius 3 is 2.40 bits per heavy atom. The molecule has 1 heterocycles. The molecule has 0 bridgehead atoms. The van der Waals surface area contributed by atoms with Crippen LogP contribution in [0.2, 0.25) is 0 Å². The second-order valence-electron chi connectivity index (χ2n) is 5.47. The first-order valence-electron chi connectivity index (χ1n) is 7.51. The van der Waals surface area contributed by atoms with E-state index >= 15 is 0 Å². The molecule has 0 saturated carbocycles. The molecule has 4 amide bonds. The van der Waals surface area contributed by atoms with E-state index in [2.05, 4.69) is 5.32 Å². The van der Waals surface area contributed by atoms with E-state index in [-0.39, 0.29) is 6.54 Å². The molecule has 2 rings (SSSR count). The number of likely N-dealkylation sites (N-methyl/N-ethyl adjacent to an activating group) is 1. The third-order valence-electron chi connectivity index (χ3n) is 3.55. The molecule has 0 unspecified atom stereocenters. The Labute approximate surface area is 144 Å². The standard InChI is InChI=1S/C16H19N3O6/c1-10(15(22)17-11-4-6-12(24-3)7-5-11)25-14(21)9-19-13(20)8-18(2)16(19)23/h4-7,10H,8-9H2,1-3H3,(H,17,22)/t10-/m0/s1. The Hall–Kier alpha value is -3.10. The summed E-state index contributed by atoms with van der Waals surface area (Å²) in [6.45, 7) is 0.790. The number of nitrogens with one attached hydrogen (secondary N) is 1. The van der Waals surface area contributed by atoms with Gasteiger partial charge in [0, 0.05) is 12.7 Å². The van der Waals surface area contributed by atoms with Crippen molar-refractivity contribution in [3.63, 3.8) is 0 Å². The summed E-state index contributed by atoms with van der Waals surface area (Å²) >= 11 is 0. The van der Waals surface area contributed by atoms with Crippen LogP contribution in [0.25, 0.3) is 0 Å². The van der Waals surface area contributed by atoms with Crippen molar-refractivity contribution in [1.29, 1.82) is 0 Å². The summed E-state index contributed by atoms with van der Waals surface area (Å²) in [6.07, 6.45) is -1.08. The second-order valence-corrected chi connectivity index (χ2v) is 5.47. The van der Waals surface area contributed by atoms with Crippen molar-refractivity contribution < 1.29 is 28.7 Å². The van der Waals surface area contributed by atoms with Crippen molar-refractivity contribution in [3.8, 4) is 5.75 Å². The van der Waals surface area contributed by atoms with Gasteiger partial charge in [-0.2, -0.15) is 0 Å². The van der Waals surface area contributed by atoms with Crippen LogP contribution in [0.1, 0.15) is 6.92 Å². The van der Waals surface area contributed by atoms with Gasteiger partial charge in [0.1, 0.15) is 18.8 Å². The summed E-state index contributed by atoms with van der Waals surface area (Å²) in [5.41, 5.74) is 0.514. The third-order valence-corrected chi connectivity index (χ3v) is 3.55. The zero-order chi connectivity index (χ0) is 18.6. The Morgan fingerprint density at radius 1 is 1.24 bits per heavy atom. The van der Waals surface area contributed by atoms with E-state index < -0.39 is 36.5 Å². The van der Waals surface area contributed by atoms with Gasteiger partial charge < -0.3 is 19.7 Å². The van der Waals surface area contributed by atoms with Gasteiger partial charge in [-0.3, -0.25) is 19.3 Å². The Balaban J connectivity index is 1.86. The van der Waals surface area contributed by atoms with E-state index in [0.29, 0.717) is 11.4 Å². The van der Waals surface area contributed by atoms with Crippen molar-refractivity contribution in [2.75, 3.05) is 32.6 Å². The first-order valence-corrected chi connectivity index (χ1v) is 7.51. The van der Waals surface area contributed by atoms with Crippen molar-refractivity contribution in [1.82, 2.24) is 9.80 Å². The molecule has 25 heavy (non-hydrogen) atoms. The number of carbonyl (C=O) groups excluding carboxylic acids is 4. The van der Waals surface area contributed by atoms with Gasteiger partial charge in [0.05, 0.1) is 7.11 Å². The number of ether oxygens (including phenoxy) is 2. The highest BCUT2D eigenvalue weighted by atomic mass is 16.5. The van der Waals surface area contributed by atoms with E-state index in [1.807, 2.05) is 0 Å². The van der Waals surface area contributed by atoms with Gasteiger partial charge in [-0.25, -0.2) is 4.79 Å². The summed E-state index contributed by atoms with van der Waals surface area (Å²) in [5, 5.41) is 2.59. The summed E-state index contributed by atoms with van der Waals surface area (Å²) in [5.74, 6) is -1.22. The van der Waals surface area contributed by atoms with Crippen molar-refractivity contribution >= 4 is 29.5 Å². The first kappa shape index (κ1) is 18.2. The molecule has 9 heteroatoms. The SMILES string of the molecule is COc1ccc(NC(=O)[C@H](C)OC(=O)CN2C(=O)CN(C)C2=O)cc1. The molecule has 0 spiro atoms. The predicted octanol–water partition coefficient (Wildman–Crippen LogP) is 0.459. The normalized spacial score (nSPS) is 15.2. The number of urea groups is 1. The molecule has 1 aromatic carbocycles. The number of esters is 1. The maximum atomic E-state index is 12.0. The molecule has 1 aliphatic heterocycles. The average Bonchev–Trinajstić information content (AvgIpc) is 2.81. The molecule has 1 aromatic rings. The largest absolute Gasteiger partial charge is 0.497 e. The maximum Gasteiger partial charge on any atom is 0.327 e. The lowest BCUT2D eigenvalue weighted by Gasteiger charge is -2.16. The maximum absolute atomic E-state index is 12.0. The number of amides is 4. The minimum Gasteiger partial charge on any atom is -0.497 e. The van der Waals surface area contributed by atoms with E-state index in [4.69, 9.17) is 9.47 Å². The van der Waals surface area contributed by atoms with Crippen LogP contribution in [0, 0.1) is 0 Å². The van der Waals surface area contributed by atoms with E-state index in [9.17, 15) is 19.2 Å². The van der Waals surface area contributed by atoms with Gasteiger partial charge in [-0.15, -0.1) is 0 Å². The summed E-state index contributed by atoms with van der Waals surface area (Å²) in [6, 6.07) is 6.06. The van der Waals surface area contributed by atoms with Gasteiger partial charge >= 0.3 is 12.0 Å². The molecular formula is C16H19N3O6. The van der Waals surface area contributed by atoms with Crippen molar-refractivity contribution in [2.45, 2.75) is 13.0 Å². The second kappa shape index (κ2) is 7.65. The Bertz CT molecular complexity index is 688. The fourth-order valence-electron chi connectivity index (χ4n) is 2.16. The monoisotopic (exact) mass is 349 g/mol. The highest BCUT2D eigenvalue weighted by Crippen LogP contribution is 2.15. The number of benzene rings is 1. The molecule has 0 aliphatic carbocycles. The highest BCUT2D eigenvalue weighted by Gasteiger charge is 2.35. The number of nitrogens with zero attached hydrogens (tertiary/aromatic N) is 2. The molecule has 1 aliphatic rings. The van der Waals surface area contributed by atoms with Gasteiger partial charge in [0.15, 0.2) is 6.10 Å². The molecule has 1 atom stereocenters. The molecule has 1 N–H and O–H groups in total. The molecule has 1 saturated heterocycles.